The number of hydrogen-bond donors (Lipinski definition) is 1. The van der Waals surface area contributed by atoms with Gasteiger partial charge in [0, 0.05) is 0 Å². The molecule has 0 amide bonds. The zero-order chi connectivity index (χ0) is 18.4. The second-order valence-electron chi connectivity index (χ2n) is 8.01. The fourth-order valence-electron chi connectivity index (χ4n) is 4.82. The third-order valence-corrected chi connectivity index (χ3v) is 6.09. The van der Waals surface area contributed by atoms with Gasteiger partial charge in [0.25, 0.3) is 0 Å². The molecule has 142 valence electrons. The summed E-state index contributed by atoms with van der Waals surface area (Å²) >= 11 is 0. The van der Waals surface area contributed by atoms with Crippen LogP contribution in [0.3, 0.4) is 0 Å². The molecule has 3 rings (SSSR count). The molecular weight excluding hydrogens is 347 g/mol. The quantitative estimate of drug-likeness (QED) is 0.586. The van der Waals surface area contributed by atoms with Crippen molar-refractivity contribution in [3.05, 3.63) is 29.8 Å². The summed E-state index contributed by atoms with van der Waals surface area (Å²) in [5, 5.41) is 9.07. The van der Waals surface area contributed by atoms with Crippen LogP contribution in [0.4, 0.5) is 0 Å². The molecule has 1 spiro atoms. The van der Waals surface area contributed by atoms with Crippen molar-refractivity contribution in [2.45, 2.75) is 83.2 Å². The van der Waals surface area contributed by atoms with Crippen molar-refractivity contribution in [3.63, 3.8) is 0 Å². The van der Waals surface area contributed by atoms with Crippen molar-refractivity contribution in [2.75, 3.05) is 0 Å². The zero-order valence-corrected chi connectivity index (χ0v) is 15.8. The molecule has 3 nitrogen and oxygen atoms in total. The molecule has 0 aromatic heterocycles. The summed E-state index contributed by atoms with van der Waals surface area (Å²) in [7, 11) is 0. The first kappa shape index (κ1) is 22.3. The molecule has 0 bridgehead atoms. The second-order valence-corrected chi connectivity index (χ2v) is 8.01. The average molecular weight is 378 g/mol. The number of hydrogen-bond acceptors (Lipinski definition) is 2. The van der Waals surface area contributed by atoms with Gasteiger partial charge in [0.05, 0.1) is 18.4 Å². The fourth-order valence-corrected chi connectivity index (χ4v) is 4.82. The van der Waals surface area contributed by atoms with Crippen LogP contribution in [0.1, 0.15) is 82.6 Å². The molecule has 27 heavy (non-hydrogen) atoms. The third-order valence-electron chi connectivity index (χ3n) is 6.09. The Hall–Kier alpha value is -0.950. The van der Waals surface area contributed by atoms with Crippen LogP contribution in [-0.2, 0) is 4.79 Å². The van der Waals surface area contributed by atoms with Gasteiger partial charge >= 0.3 is 35.5 Å². The van der Waals surface area contributed by atoms with Crippen LogP contribution < -0.4 is 4.74 Å². The maximum absolute atomic E-state index is 11.0. The molecule has 1 aromatic rings. The van der Waals surface area contributed by atoms with Crippen LogP contribution in [0.2, 0.25) is 0 Å². The molecule has 4 heteroatoms. The molecule has 0 heterocycles. The Labute approximate surface area is 185 Å². The maximum atomic E-state index is 11.0. The first-order valence-electron chi connectivity index (χ1n) is 10.0. The van der Waals surface area contributed by atoms with Gasteiger partial charge in [-0.15, -0.1) is 5.92 Å². The Morgan fingerprint density at radius 3 is 2.48 bits per heavy atom. The first-order chi connectivity index (χ1) is 12.6. The van der Waals surface area contributed by atoms with Gasteiger partial charge in [0.1, 0.15) is 5.75 Å². The van der Waals surface area contributed by atoms with Crippen molar-refractivity contribution in [1.29, 1.82) is 0 Å². The Kier molecular flexibility index (Phi) is 8.73. The van der Waals surface area contributed by atoms with Crippen LogP contribution in [-0.4, -0.2) is 46.7 Å². The average Bonchev–Trinajstić information content (AvgIpc) is 2.62. The predicted octanol–water partition coefficient (Wildman–Crippen LogP) is 4.89. The van der Waals surface area contributed by atoms with E-state index in [1.807, 2.05) is 24.3 Å². The first-order valence-corrected chi connectivity index (χ1v) is 10.0. The van der Waals surface area contributed by atoms with E-state index in [0.717, 1.165) is 17.7 Å². The van der Waals surface area contributed by atoms with E-state index >= 15 is 0 Å². The Balaban J connectivity index is 0.00000261. The van der Waals surface area contributed by atoms with E-state index in [2.05, 4.69) is 11.8 Å². The van der Waals surface area contributed by atoms with Crippen LogP contribution in [0.25, 0.3) is 0 Å². The van der Waals surface area contributed by atoms with Crippen molar-refractivity contribution < 1.29 is 14.6 Å². The Morgan fingerprint density at radius 2 is 1.85 bits per heavy atom. The summed E-state index contributed by atoms with van der Waals surface area (Å²) in [6, 6.07) is 7.88. The summed E-state index contributed by atoms with van der Waals surface area (Å²) in [5.74, 6) is 5.65. The molecule has 2 aliphatic carbocycles. The number of carboxylic acid groups (broad SMARTS) is 1. The van der Waals surface area contributed by atoms with Gasteiger partial charge in [0.15, 0.2) is 0 Å². The minimum absolute atomic E-state index is 0. The van der Waals surface area contributed by atoms with Gasteiger partial charge in [-0.2, -0.15) is 0 Å². The molecule has 1 N–H and O–H groups in total. The minimum atomic E-state index is -0.821. The summed E-state index contributed by atoms with van der Waals surface area (Å²) < 4.78 is 6.31. The molecule has 0 aliphatic heterocycles. The number of rotatable bonds is 5. The third kappa shape index (κ3) is 6.28. The second kappa shape index (κ2) is 10.6. The van der Waals surface area contributed by atoms with Crippen LogP contribution >= 0.6 is 0 Å². The van der Waals surface area contributed by atoms with E-state index in [9.17, 15) is 4.79 Å². The number of benzene rings is 1. The fraction of sp³-hybridized carbons (Fsp3) is 0.609. The van der Waals surface area contributed by atoms with Crippen molar-refractivity contribution in [1.82, 2.24) is 0 Å². The van der Waals surface area contributed by atoms with Gasteiger partial charge in [-0.25, -0.2) is 0 Å². The molecule has 2 aliphatic rings. The molecule has 2 atom stereocenters. The van der Waals surface area contributed by atoms with Gasteiger partial charge < -0.3 is 9.84 Å². The normalized spacial score (nSPS) is 22.0. The Bertz CT molecular complexity index is 660. The summed E-state index contributed by atoms with van der Waals surface area (Å²) in [5.41, 5.74) is 1.48. The molecular formula is C23H31NaO3. The molecule has 0 radical (unpaired) electrons. The number of aliphatic carboxylic acids is 1. The summed E-state index contributed by atoms with van der Waals surface area (Å²) in [6.07, 6.45) is 12.2. The van der Waals surface area contributed by atoms with Crippen molar-refractivity contribution >= 4 is 35.5 Å². The number of ether oxygens (including phenoxy) is 1. The van der Waals surface area contributed by atoms with Crippen molar-refractivity contribution in [3.8, 4) is 17.6 Å². The van der Waals surface area contributed by atoms with Gasteiger partial charge in [-0.1, -0.05) is 37.3 Å². The van der Waals surface area contributed by atoms with E-state index in [1.165, 1.54) is 51.4 Å². The molecule has 2 fully saturated rings. The topological polar surface area (TPSA) is 46.5 Å². The van der Waals surface area contributed by atoms with E-state index < -0.39 is 5.97 Å². The van der Waals surface area contributed by atoms with Crippen molar-refractivity contribution in [2.24, 2.45) is 5.41 Å². The van der Waals surface area contributed by atoms with Crippen LogP contribution in [0, 0.1) is 17.3 Å². The van der Waals surface area contributed by atoms with E-state index in [4.69, 9.17) is 9.84 Å². The Morgan fingerprint density at radius 1 is 1.19 bits per heavy atom. The number of carbonyl (C=O) groups is 1. The van der Waals surface area contributed by atoms with E-state index in [0.29, 0.717) is 11.5 Å². The SMILES string of the molecule is CC#C[C@@H](CC(=O)O)c1ccc(OC2CCCC3(CCCCC3)C2)cc1.[NaH]. The predicted molar refractivity (Wildman–Crippen MR) is 110 cm³/mol. The van der Waals surface area contributed by atoms with Gasteiger partial charge in [-0.05, 0) is 68.6 Å². The zero-order valence-electron chi connectivity index (χ0n) is 15.8. The monoisotopic (exact) mass is 378 g/mol. The van der Waals surface area contributed by atoms with E-state index in [1.54, 1.807) is 6.92 Å². The van der Waals surface area contributed by atoms with Crippen LogP contribution in [0.15, 0.2) is 24.3 Å². The molecule has 0 saturated heterocycles. The van der Waals surface area contributed by atoms with Crippen LogP contribution in [0.5, 0.6) is 5.75 Å². The standard InChI is InChI=1S/C23H30O3.Na.H/c1-2-7-19(16-22(24)25)18-9-11-20(12-10-18)26-21-8-6-15-23(17-21)13-4-3-5-14-23;;/h9-12,19,21H,3-6,8,13-17H2,1H3,(H,24,25);;/t19-,21?;;/m0../s1. The number of carboxylic acids is 1. The van der Waals surface area contributed by atoms with E-state index in [-0.39, 0.29) is 41.9 Å². The molecule has 1 unspecified atom stereocenters. The molecule has 1 aromatic carbocycles. The molecule has 2 saturated carbocycles. The van der Waals surface area contributed by atoms with Gasteiger partial charge in [-0.3, -0.25) is 4.79 Å². The summed E-state index contributed by atoms with van der Waals surface area (Å²) in [6.45, 7) is 1.75. The van der Waals surface area contributed by atoms with Gasteiger partial charge in [0.2, 0.25) is 0 Å². The summed E-state index contributed by atoms with van der Waals surface area (Å²) in [4.78, 5) is 11.0.